The lowest BCUT2D eigenvalue weighted by Gasteiger charge is -2.09. The predicted octanol–water partition coefficient (Wildman–Crippen LogP) is 3.08. The summed E-state index contributed by atoms with van der Waals surface area (Å²) in [5.74, 6) is 0.850. The summed E-state index contributed by atoms with van der Waals surface area (Å²) in [4.78, 5) is 0. The first-order chi connectivity index (χ1) is 8.13. The quantitative estimate of drug-likeness (QED) is 0.792. The van der Waals surface area contributed by atoms with Crippen LogP contribution in [0.4, 0.5) is 0 Å². The lowest BCUT2D eigenvalue weighted by atomic mass is 10.0. The van der Waals surface area contributed by atoms with Crippen molar-refractivity contribution in [3.05, 3.63) is 41.1 Å². The standard InChI is InChI=1S/C14H16N2O/c1-9-10(2)14(16-15-11(9)3)12-5-7-13(17-4)8-6-12/h5-8H,1-4H3. The minimum Gasteiger partial charge on any atom is -0.497 e. The Morgan fingerprint density at radius 1 is 0.882 bits per heavy atom. The van der Waals surface area contributed by atoms with E-state index in [0.717, 1.165) is 22.7 Å². The lowest BCUT2D eigenvalue weighted by Crippen LogP contribution is -1.98. The van der Waals surface area contributed by atoms with E-state index in [-0.39, 0.29) is 0 Å². The number of benzene rings is 1. The molecule has 0 aliphatic carbocycles. The maximum Gasteiger partial charge on any atom is 0.118 e. The van der Waals surface area contributed by atoms with Gasteiger partial charge in [0, 0.05) is 5.56 Å². The van der Waals surface area contributed by atoms with Crippen molar-refractivity contribution in [1.29, 1.82) is 0 Å². The van der Waals surface area contributed by atoms with Crippen LogP contribution in [0.15, 0.2) is 24.3 Å². The summed E-state index contributed by atoms with van der Waals surface area (Å²) in [5.41, 5.74) is 5.38. The van der Waals surface area contributed by atoms with Crippen molar-refractivity contribution in [3.63, 3.8) is 0 Å². The summed E-state index contributed by atoms with van der Waals surface area (Å²) >= 11 is 0. The molecule has 88 valence electrons. The van der Waals surface area contributed by atoms with Gasteiger partial charge in [-0.1, -0.05) is 0 Å². The number of hydrogen-bond donors (Lipinski definition) is 0. The highest BCUT2D eigenvalue weighted by atomic mass is 16.5. The predicted molar refractivity (Wildman–Crippen MR) is 68.2 cm³/mol. The zero-order chi connectivity index (χ0) is 12.4. The summed E-state index contributed by atoms with van der Waals surface area (Å²) in [5, 5.41) is 8.45. The van der Waals surface area contributed by atoms with E-state index >= 15 is 0 Å². The van der Waals surface area contributed by atoms with Crippen LogP contribution in [0.5, 0.6) is 5.75 Å². The van der Waals surface area contributed by atoms with Crippen molar-refractivity contribution in [3.8, 4) is 17.0 Å². The molecular formula is C14H16N2O. The average Bonchev–Trinajstić information content (AvgIpc) is 2.36. The fourth-order valence-corrected chi connectivity index (χ4v) is 1.75. The molecule has 0 saturated heterocycles. The minimum absolute atomic E-state index is 0.850. The largest absolute Gasteiger partial charge is 0.497 e. The van der Waals surface area contributed by atoms with E-state index in [1.54, 1.807) is 7.11 Å². The van der Waals surface area contributed by atoms with Crippen LogP contribution in [0.1, 0.15) is 16.8 Å². The molecule has 3 nitrogen and oxygen atoms in total. The van der Waals surface area contributed by atoms with Crippen LogP contribution in [-0.4, -0.2) is 17.3 Å². The summed E-state index contributed by atoms with van der Waals surface area (Å²) in [6.45, 7) is 6.14. The summed E-state index contributed by atoms with van der Waals surface area (Å²) in [6.07, 6.45) is 0. The van der Waals surface area contributed by atoms with Crippen LogP contribution >= 0.6 is 0 Å². The Morgan fingerprint density at radius 3 is 2.12 bits per heavy atom. The van der Waals surface area contributed by atoms with Crippen molar-refractivity contribution in [2.24, 2.45) is 0 Å². The van der Waals surface area contributed by atoms with Gasteiger partial charge in [-0.2, -0.15) is 5.10 Å². The Bertz CT molecular complexity index is 533. The highest BCUT2D eigenvalue weighted by Crippen LogP contribution is 2.25. The average molecular weight is 228 g/mol. The second-order valence-electron chi connectivity index (χ2n) is 4.11. The van der Waals surface area contributed by atoms with Crippen molar-refractivity contribution >= 4 is 0 Å². The van der Waals surface area contributed by atoms with Gasteiger partial charge in [-0.05, 0) is 56.2 Å². The highest BCUT2D eigenvalue weighted by Gasteiger charge is 2.08. The molecule has 0 atom stereocenters. The van der Waals surface area contributed by atoms with Gasteiger partial charge in [0.05, 0.1) is 18.5 Å². The maximum absolute atomic E-state index is 5.14. The smallest absolute Gasteiger partial charge is 0.118 e. The van der Waals surface area contributed by atoms with Crippen molar-refractivity contribution in [2.45, 2.75) is 20.8 Å². The zero-order valence-electron chi connectivity index (χ0n) is 10.6. The first-order valence-corrected chi connectivity index (χ1v) is 5.58. The normalized spacial score (nSPS) is 10.4. The molecule has 0 bridgehead atoms. The van der Waals surface area contributed by atoms with Crippen LogP contribution in [0, 0.1) is 20.8 Å². The molecule has 0 aliphatic rings. The SMILES string of the molecule is COc1ccc(-c2nnc(C)c(C)c2C)cc1. The minimum atomic E-state index is 0.850. The Labute approximate surface area is 101 Å². The molecule has 1 heterocycles. The van der Waals surface area contributed by atoms with Crippen molar-refractivity contribution < 1.29 is 4.74 Å². The Morgan fingerprint density at radius 2 is 1.53 bits per heavy atom. The van der Waals surface area contributed by atoms with Gasteiger partial charge in [-0.25, -0.2) is 0 Å². The van der Waals surface area contributed by atoms with Gasteiger partial charge in [0.15, 0.2) is 0 Å². The van der Waals surface area contributed by atoms with E-state index in [2.05, 4.69) is 24.0 Å². The zero-order valence-corrected chi connectivity index (χ0v) is 10.6. The summed E-state index contributed by atoms with van der Waals surface area (Å²) in [7, 11) is 1.66. The van der Waals surface area contributed by atoms with E-state index in [9.17, 15) is 0 Å². The van der Waals surface area contributed by atoms with Gasteiger partial charge in [0.25, 0.3) is 0 Å². The second-order valence-corrected chi connectivity index (χ2v) is 4.11. The molecule has 0 amide bonds. The van der Waals surface area contributed by atoms with Gasteiger partial charge in [0.1, 0.15) is 5.75 Å². The third-order valence-electron chi connectivity index (χ3n) is 3.12. The van der Waals surface area contributed by atoms with E-state index < -0.39 is 0 Å². The van der Waals surface area contributed by atoms with Crippen LogP contribution in [0.25, 0.3) is 11.3 Å². The number of methoxy groups -OCH3 is 1. The molecular weight excluding hydrogens is 212 g/mol. The third kappa shape index (κ3) is 2.13. The summed E-state index contributed by atoms with van der Waals surface area (Å²) in [6, 6.07) is 7.88. The molecule has 0 saturated carbocycles. The monoisotopic (exact) mass is 228 g/mol. The molecule has 1 aromatic heterocycles. The highest BCUT2D eigenvalue weighted by molar-refractivity contribution is 5.64. The Kier molecular flexibility index (Phi) is 3.09. The van der Waals surface area contributed by atoms with Gasteiger partial charge in [-0.3, -0.25) is 0 Å². The van der Waals surface area contributed by atoms with Crippen LogP contribution in [0.2, 0.25) is 0 Å². The molecule has 0 unspecified atom stereocenters. The first-order valence-electron chi connectivity index (χ1n) is 5.58. The molecule has 0 aliphatic heterocycles. The molecule has 2 aromatic rings. The van der Waals surface area contributed by atoms with Gasteiger partial charge in [-0.15, -0.1) is 5.10 Å². The number of aryl methyl sites for hydroxylation is 1. The van der Waals surface area contributed by atoms with Crippen LogP contribution < -0.4 is 4.74 Å². The molecule has 17 heavy (non-hydrogen) atoms. The molecule has 0 spiro atoms. The fourth-order valence-electron chi connectivity index (χ4n) is 1.75. The van der Waals surface area contributed by atoms with Crippen LogP contribution in [-0.2, 0) is 0 Å². The maximum atomic E-state index is 5.14. The van der Waals surface area contributed by atoms with E-state index in [4.69, 9.17) is 4.74 Å². The van der Waals surface area contributed by atoms with E-state index in [1.807, 2.05) is 31.2 Å². The summed E-state index contributed by atoms with van der Waals surface area (Å²) < 4.78 is 5.14. The number of ether oxygens (including phenoxy) is 1. The molecule has 0 fully saturated rings. The third-order valence-corrected chi connectivity index (χ3v) is 3.12. The number of rotatable bonds is 2. The Hall–Kier alpha value is -1.90. The van der Waals surface area contributed by atoms with Crippen molar-refractivity contribution in [2.75, 3.05) is 7.11 Å². The second kappa shape index (κ2) is 4.53. The molecule has 1 aromatic carbocycles. The van der Waals surface area contributed by atoms with Gasteiger partial charge in [0.2, 0.25) is 0 Å². The fraction of sp³-hybridized carbons (Fsp3) is 0.286. The van der Waals surface area contributed by atoms with Crippen LogP contribution in [0.3, 0.4) is 0 Å². The lowest BCUT2D eigenvalue weighted by molar-refractivity contribution is 0.415. The molecule has 0 radical (unpaired) electrons. The van der Waals surface area contributed by atoms with Gasteiger partial charge >= 0.3 is 0 Å². The van der Waals surface area contributed by atoms with E-state index in [0.29, 0.717) is 0 Å². The first kappa shape index (κ1) is 11.6. The molecule has 0 N–H and O–H groups in total. The number of nitrogens with zero attached hydrogens (tertiary/aromatic N) is 2. The van der Waals surface area contributed by atoms with Crippen molar-refractivity contribution in [1.82, 2.24) is 10.2 Å². The molecule has 3 heteroatoms. The Balaban J connectivity index is 2.49. The number of aromatic nitrogens is 2. The topological polar surface area (TPSA) is 35.0 Å². The number of hydrogen-bond acceptors (Lipinski definition) is 3. The van der Waals surface area contributed by atoms with E-state index in [1.165, 1.54) is 11.1 Å². The molecule has 2 rings (SSSR count). The van der Waals surface area contributed by atoms with Gasteiger partial charge < -0.3 is 4.74 Å².